The van der Waals surface area contributed by atoms with Gasteiger partial charge in [-0.3, -0.25) is 4.79 Å². The number of carbonyl (C=O) groups is 1. The van der Waals surface area contributed by atoms with Crippen LogP contribution in [0, 0.1) is 18.3 Å². The fourth-order valence-electron chi connectivity index (χ4n) is 2.00. The lowest BCUT2D eigenvalue weighted by Crippen LogP contribution is -2.12. The number of hydrogen-bond acceptors (Lipinski definition) is 2. The van der Waals surface area contributed by atoms with Crippen LogP contribution in [-0.2, 0) is 0 Å². The second-order valence-electron chi connectivity index (χ2n) is 4.41. The van der Waals surface area contributed by atoms with Crippen molar-refractivity contribution in [2.75, 3.05) is 0 Å². The fraction of sp³-hybridized carbons (Fsp3) is 0.125. The molecule has 100 valence electrons. The number of nitrogens with zero attached hydrogens (tertiary/aromatic N) is 1. The van der Waals surface area contributed by atoms with Crippen LogP contribution in [0.5, 0.6) is 0 Å². The molecule has 0 bridgehead atoms. The Labute approximate surface area is 131 Å². The summed E-state index contributed by atoms with van der Waals surface area (Å²) in [5, 5.41) is 9.88. The number of hydrogen-bond donors (Lipinski definition) is 0. The van der Waals surface area contributed by atoms with E-state index in [9.17, 15) is 10.1 Å². The number of rotatable bonds is 3. The van der Waals surface area contributed by atoms with Gasteiger partial charge in [-0.1, -0.05) is 35.9 Å². The van der Waals surface area contributed by atoms with Crippen LogP contribution in [-0.4, -0.2) is 5.78 Å². The van der Waals surface area contributed by atoms with Gasteiger partial charge < -0.3 is 0 Å². The lowest BCUT2D eigenvalue weighted by Gasteiger charge is -2.12. The zero-order chi connectivity index (χ0) is 14.7. The SMILES string of the molecule is Cc1ccccc1C(C#N)C(=O)c1ccc(Cl)c(Br)c1. The van der Waals surface area contributed by atoms with Crippen LogP contribution in [0.4, 0.5) is 0 Å². The first kappa shape index (κ1) is 14.8. The van der Waals surface area contributed by atoms with E-state index in [2.05, 4.69) is 22.0 Å². The summed E-state index contributed by atoms with van der Waals surface area (Å²) in [5.74, 6) is -1.02. The van der Waals surface area contributed by atoms with E-state index >= 15 is 0 Å². The molecule has 0 fully saturated rings. The molecule has 2 aromatic rings. The maximum atomic E-state index is 12.5. The van der Waals surface area contributed by atoms with Gasteiger partial charge in [-0.25, -0.2) is 0 Å². The number of nitriles is 1. The fourth-order valence-corrected chi connectivity index (χ4v) is 2.49. The lowest BCUT2D eigenvalue weighted by atomic mass is 9.89. The third-order valence-electron chi connectivity index (χ3n) is 3.09. The Bertz CT molecular complexity index is 706. The van der Waals surface area contributed by atoms with Crippen molar-refractivity contribution in [2.24, 2.45) is 0 Å². The van der Waals surface area contributed by atoms with E-state index in [0.717, 1.165) is 11.1 Å². The first-order chi connectivity index (χ1) is 9.54. The van der Waals surface area contributed by atoms with Crippen molar-refractivity contribution in [3.05, 3.63) is 68.7 Å². The van der Waals surface area contributed by atoms with Gasteiger partial charge in [0, 0.05) is 10.0 Å². The van der Waals surface area contributed by atoms with E-state index in [-0.39, 0.29) is 5.78 Å². The lowest BCUT2D eigenvalue weighted by molar-refractivity contribution is 0.0978. The van der Waals surface area contributed by atoms with Crippen molar-refractivity contribution in [3.63, 3.8) is 0 Å². The molecule has 0 N–H and O–H groups in total. The summed E-state index contributed by atoms with van der Waals surface area (Å²) >= 11 is 9.21. The maximum absolute atomic E-state index is 12.5. The molecule has 0 radical (unpaired) electrons. The Kier molecular flexibility index (Phi) is 4.59. The van der Waals surface area contributed by atoms with Gasteiger partial charge in [-0.05, 0) is 52.2 Å². The van der Waals surface area contributed by atoms with Crippen LogP contribution in [0.15, 0.2) is 46.9 Å². The van der Waals surface area contributed by atoms with Crippen LogP contribution in [0.1, 0.15) is 27.4 Å². The summed E-state index contributed by atoms with van der Waals surface area (Å²) in [7, 11) is 0. The molecule has 0 aliphatic heterocycles. The van der Waals surface area contributed by atoms with Crippen molar-refractivity contribution < 1.29 is 4.79 Å². The minimum Gasteiger partial charge on any atom is -0.292 e. The minimum absolute atomic E-state index is 0.223. The Morgan fingerprint density at radius 2 is 2.00 bits per heavy atom. The largest absolute Gasteiger partial charge is 0.292 e. The van der Waals surface area contributed by atoms with E-state index in [1.807, 2.05) is 31.2 Å². The molecule has 1 unspecified atom stereocenters. The van der Waals surface area contributed by atoms with Gasteiger partial charge in [0.05, 0.1) is 11.1 Å². The molecule has 4 heteroatoms. The summed E-state index contributed by atoms with van der Waals surface area (Å²) in [5.41, 5.74) is 2.14. The summed E-state index contributed by atoms with van der Waals surface area (Å²) < 4.78 is 0.645. The monoisotopic (exact) mass is 347 g/mol. The van der Waals surface area contributed by atoms with Gasteiger partial charge >= 0.3 is 0 Å². The average molecular weight is 349 g/mol. The highest BCUT2D eigenvalue weighted by Crippen LogP contribution is 2.28. The molecule has 0 heterocycles. The van der Waals surface area contributed by atoms with E-state index < -0.39 is 5.92 Å². The van der Waals surface area contributed by atoms with Gasteiger partial charge in [0.2, 0.25) is 0 Å². The number of benzene rings is 2. The summed E-state index contributed by atoms with van der Waals surface area (Å²) in [6.45, 7) is 1.89. The van der Waals surface area contributed by atoms with Crippen LogP contribution in [0.2, 0.25) is 5.02 Å². The average Bonchev–Trinajstić information content (AvgIpc) is 2.44. The molecule has 2 aromatic carbocycles. The van der Waals surface area contributed by atoms with E-state index in [4.69, 9.17) is 11.6 Å². The third-order valence-corrected chi connectivity index (χ3v) is 4.31. The van der Waals surface area contributed by atoms with Crippen molar-refractivity contribution in [1.82, 2.24) is 0 Å². The van der Waals surface area contributed by atoms with Crippen molar-refractivity contribution >= 4 is 33.3 Å². The van der Waals surface area contributed by atoms with Crippen molar-refractivity contribution in [2.45, 2.75) is 12.8 Å². The Hall–Kier alpha value is -1.63. The second-order valence-corrected chi connectivity index (χ2v) is 5.67. The first-order valence-electron chi connectivity index (χ1n) is 5.99. The number of halogens is 2. The Morgan fingerprint density at radius 3 is 2.60 bits per heavy atom. The smallest absolute Gasteiger partial charge is 0.184 e. The molecule has 0 aliphatic carbocycles. The molecular weight excluding hydrogens is 338 g/mol. The molecule has 2 nitrogen and oxygen atoms in total. The van der Waals surface area contributed by atoms with Gasteiger partial charge in [0.15, 0.2) is 5.78 Å². The zero-order valence-corrected chi connectivity index (χ0v) is 13.1. The highest BCUT2D eigenvalue weighted by Gasteiger charge is 2.23. The first-order valence-corrected chi connectivity index (χ1v) is 7.16. The summed E-state index contributed by atoms with van der Waals surface area (Å²) in [6.07, 6.45) is 0. The Morgan fingerprint density at radius 1 is 1.30 bits per heavy atom. The molecule has 2 rings (SSSR count). The van der Waals surface area contributed by atoms with Crippen LogP contribution < -0.4 is 0 Å². The van der Waals surface area contributed by atoms with Crippen molar-refractivity contribution in [3.8, 4) is 6.07 Å². The standard InChI is InChI=1S/C16H11BrClNO/c1-10-4-2-3-5-12(10)13(9-19)16(20)11-6-7-15(18)14(17)8-11/h2-8,13H,1H3. The molecule has 20 heavy (non-hydrogen) atoms. The summed E-state index contributed by atoms with van der Waals surface area (Å²) in [6, 6.07) is 14.4. The predicted octanol–water partition coefficient (Wildman–Crippen LogP) is 4.90. The van der Waals surface area contributed by atoms with E-state index in [1.165, 1.54) is 0 Å². The number of ketones is 1. The Balaban J connectivity index is 2.42. The molecule has 0 amide bonds. The second kappa shape index (κ2) is 6.21. The topological polar surface area (TPSA) is 40.9 Å². The third kappa shape index (κ3) is 2.92. The van der Waals surface area contributed by atoms with E-state index in [0.29, 0.717) is 15.1 Å². The van der Waals surface area contributed by atoms with Gasteiger partial charge in [-0.2, -0.15) is 5.26 Å². The van der Waals surface area contributed by atoms with Crippen molar-refractivity contribution in [1.29, 1.82) is 5.26 Å². The van der Waals surface area contributed by atoms with Crippen LogP contribution in [0.3, 0.4) is 0 Å². The number of Topliss-reactive ketones (excluding diaryl/α,β-unsaturated/α-hetero) is 1. The van der Waals surface area contributed by atoms with E-state index in [1.54, 1.807) is 18.2 Å². The number of carbonyl (C=O) groups excluding carboxylic acids is 1. The van der Waals surface area contributed by atoms with Gasteiger partial charge in [-0.15, -0.1) is 0 Å². The number of aryl methyl sites for hydroxylation is 1. The van der Waals surface area contributed by atoms with Crippen LogP contribution in [0.25, 0.3) is 0 Å². The quantitative estimate of drug-likeness (QED) is 0.740. The molecule has 0 saturated heterocycles. The molecule has 0 saturated carbocycles. The molecule has 0 aromatic heterocycles. The zero-order valence-electron chi connectivity index (χ0n) is 10.7. The predicted molar refractivity (Wildman–Crippen MR) is 83.0 cm³/mol. The van der Waals surface area contributed by atoms with Gasteiger partial charge in [0.25, 0.3) is 0 Å². The normalized spacial score (nSPS) is 11.7. The maximum Gasteiger partial charge on any atom is 0.184 e. The summed E-state index contributed by atoms with van der Waals surface area (Å²) in [4.78, 5) is 12.5. The highest BCUT2D eigenvalue weighted by atomic mass is 79.9. The van der Waals surface area contributed by atoms with Gasteiger partial charge in [0.1, 0.15) is 5.92 Å². The highest BCUT2D eigenvalue weighted by molar-refractivity contribution is 9.10. The minimum atomic E-state index is -0.802. The molecule has 0 aliphatic rings. The molecule has 1 atom stereocenters. The van der Waals surface area contributed by atoms with Crippen LogP contribution >= 0.6 is 27.5 Å². The molecular formula is C16H11BrClNO. The molecule has 0 spiro atoms.